The van der Waals surface area contributed by atoms with E-state index in [2.05, 4.69) is 31.1 Å². The largest absolute Gasteiger partial charge is 0.310 e. The summed E-state index contributed by atoms with van der Waals surface area (Å²) in [5.41, 5.74) is 0.947. The number of hydrogen-bond acceptors (Lipinski definition) is 2. The molecule has 3 heteroatoms. The molecule has 0 saturated heterocycles. The molecule has 2 atom stereocenters. The van der Waals surface area contributed by atoms with Gasteiger partial charge in [0, 0.05) is 12.2 Å². The average Bonchev–Trinajstić information content (AvgIpc) is 2.29. The molecule has 1 heterocycles. The molecule has 2 nitrogen and oxygen atoms in total. The minimum absolute atomic E-state index is 0.202. The van der Waals surface area contributed by atoms with Crippen LogP contribution in [0.15, 0.2) is 18.5 Å². The van der Waals surface area contributed by atoms with Crippen LogP contribution in [0.5, 0.6) is 0 Å². The van der Waals surface area contributed by atoms with Crippen LogP contribution in [0.25, 0.3) is 0 Å². The van der Waals surface area contributed by atoms with Crippen LogP contribution in [0.2, 0.25) is 0 Å². The molecule has 0 aliphatic carbocycles. The topological polar surface area (TPSA) is 24.9 Å². The molecule has 0 radical (unpaired) electrons. The number of pyridine rings is 1. The van der Waals surface area contributed by atoms with Gasteiger partial charge in [-0.3, -0.25) is 4.98 Å². The summed E-state index contributed by atoms with van der Waals surface area (Å²) >= 11 is 0. The molecule has 1 rings (SSSR count). The summed E-state index contributed by atoms with van der Waals surface area (Å²) in [5.74, 6) is 0.222. The third kappa shape index (κ3) is 3.56. The lowest BCUT2D eigenvalue weighted by Crippen LogP contribution is -2.27. The van der Waals surface area contributed by atoms with Crippen LogP contribution in [-0.2, 0) is 0 Å². The molecule has 0 fully saturated rings. The van der Waals surface area contributed by atoms with Gasteiger partial charge in [-0.25, -0.2) is 4.39 Å². The molecule has 0 aliphatic rings. The summed E-state index contributed by atoms with van der Waals surface area (Å²) in [5, 5.41) is 3.46. The van der Waals surface area contributed by atoms with Gasteiger partial charge in [-0.05, 0) is 30.5 Å². The van der Waals surface area contributed by atoms with E-state index in [4.69, 9.17) is 0 Å². The summed E-state index contributed by atoms with van der Waals surface area (Å²) in [6.45, 7) is 7.41. The first-order chi connectivity index (χ1) is 7.69. The van der Waals surface area contributed by atoms with Crippen LogP contribution in [0, 0.1) is 11.7 Å². The van der Waals surface area contributed by atoms with Crippen molar-refractivity contribution in [2.45, 2.75) is 39.7 Å². The predicted octanol–water partition coefficient (Wildman–Crippen LogP) is 3.31. The molecule has 1 aromatic heterocycles. The summed E-state index contributed by atoms with van der Waals surface area (Å²) in [4.78, 5) is 3.91. The third-order valence-electron chi connectivity index (χ3n) is 2.91. The first-order valence-corrected chi connectivity index (χ1v) is 6.02. The molecular formula is C13H21FN2. The van der Waals surface area contributed by atoms with Crippen molar-refractivity contribution in [2.24, 2.45) is 5.92 Å². The number of nitrogens with zero attached hydrogens (tertiary/aromatic N) is 1. The van der Waals surface area contributed by atoms with Gasteiger partial charge in [0.05, 0.1) is 6.20 Å². The minimum atomic E-state index is -0.260. The minimum Gasteiger partial charge on any atom is -0.310 e. The van der Waals surface area contributed by atoms with E-state index in [1.54, 1.807) is 12.3 Å². The third-order valence-corrected chi connectivity index (χ3v) is 2.91. The van der Waals surface area contributed by atoms with Crippen LogP contribution in [0.1, 0.15) is 45.2 Å². The molecular weight excluding hydrogens is 203 g/mol. The standard InChI is InChI=1S/C13H21FN2/c1-4-6-16-13(10(3)5-2)11-7-12(14)9-15-8-11/h7-10,13,16H,4-6H2,1-3H3. The van der Waals surface area contributed by atoms with Crippen molar-refractivity contribution in [3.05, 3.63) is 29.8 Å². The van der Waals surface area contributed by atoms with Crippen molar-refractivity contribution in [1.82, 2.24) is 10.3 Å². The fourth-order valence-corrected chi connectivity index (χ4v) is 1.78. The first kappa shape index (κ1) is 13.1. The molecule has 0 spiro atoms. The van der Waals surface area contributed by atoms with Crippen LogP contribution in [0.3, 0.4) is 0 Å². The zero-order valence-corrected chi connectivity index (χ0v) is 10.3. The molecule has 0 amide bonds. The highest BCUT2D eigenvalue weighted by Gasteiger charge is 2.17. The summed E-state index contributed by atoms with van der Waals surface area (Å²) in [7, 11) is 0. The molecule has 1 N–H and O–H groups in total. The summed E-state index contributed by atoms with van der Waals surface area (Å²) in [6.07, 6.45) is 5.15. The maximum absolute atomic E-state index is 13.1. The Morgan fingerprint density at radius 3 is 2.69 bits per heavy atom. The van der Waals surface area contributed by atoms with Crippen molar-refractivity contribution < 1.29 is 4.39 Å². The van der Waals surface area contributed by atoms with E-state index in [1.165, 1.54) is 6.20 Å². The SMILES string of the molecule is CCCNC(c1cncc(F)c1)C(C)CC. The fourth-order valence-electron chi connectivity index (χ4n) is 1.78. The van der Waals surface area contributed by atoms with Crippen molar-refractivity contribution in [2.75, 3.05) is 6.54 Å². The van der Waals surface area contributed by atoms with E-state index in [0.29, 0.717) is 5.92 Å². The van der Waals surface area contributed by atoms with Gasteiger partial charge in [-0.1, -0.05) is 27.2 Å². The van der Waals surface area contributed by atoms with E-state index in [0.717, 1.165) is 24.9 Å². The van der Waals surface area contributed by atoms with Gasteiger partial charge in [-0.15, -0.1) is 0 Å². The maximum atomic E-state index is 13.1. The second kappa shape index (κ2) is 6.59. The zero-order chi connectivity index (χ0) is 12.0. The second-order valence-corrected chi connectivity index (χ2v) is 4.25. The number of hydrogen-bond donors (Lipinski definition) is 1. The highest BCUT2D eigenvalue weighted by atomic mass is 19.1. The van der Waals surface area contributed by atoms with E-state index in [9.17, 15) is 4.39 Å². The quantitative estimate of drug-likeness (QED) is 0.802. The van der Waals surface area contributed by atoms with Crippen molar-refractivity contribution >= 4 is 0 Å². The van der Waals surface area contributed by atoms with Crippen molar-refractivity contribution in [3.63, 3.8) is 0 Å². The average molecular weight is 224 g/mol. The Kier molecular flexibility index (Phi) is 5.39. The Hall–Kier alpha value is -0.960. The smallest absolute Gasteiger partial charge is 0.141 e. The second-order valence-electron chi connectivity index (χ2n) is 4.25. The Morgan fingerprint density at radius 2 is 2.12 bits per heavy atom. The highest BCUT2D eigenvalue weighted by molar-refractivity contribution is 5.15. The molecule has 0 aliphatic heterocycles. The molecule has 16 heavy (non-hydrogen) atoms. The van der Waals surface area contributed by atoms with Gasteiger partial charge in [-0.2, -0.15) is 0 Å². The van der Waals surface area contributed by atoms with Gasteiger partial charge in [0.2, 0.25) is 0 Å². The Balaban J connectivity index is 2.82. The van der Waals surface area contributed by atoms with E-state index in [-0.39, 0.29) is 11.9 Å². The molecule has 1 aromatic rings. The lowest BCUT2D eigenvalue weighted by atomic mass is 9.93. The Bertz CT molecular complexity index is 315. The van der Waals surface area contributed by atoms with Crippen LogP contribution >= 0.6 is 0 Å². The Labute approximate surface area is 97.3 Å². The van der Waals surface area contributed by atoms with Crippen LogP contribution in [-0.4, -0.2) is 11.5 Å². The lowest BCUT2D eigenvalue weighted by molar-refractivity contribution is 0.375. The monoisotopic (exact) mass is 224 g/mol. The molecule has 0 aromatic carbocycles. The molecule has 90 valence electrons. The predicted molar refractivity (Wildman–Crippen MR) is 64.7 cm³/mol. The number of halogens is 1. The fraction of sp³-hybridized carbons (Fsp3) is 0.615. The van der Waals surface area contributed by atoms with Crippen molar-refractivity contribution in [1.29, 1.82) is 0 Å². The number of aromatic nitrogens is 1. The maximum Gasteiger partial charge on any atom is 0.141 e. The molecule has 0 bridgehead atoms. The summed E-state index contributed by atoms with van der Waals surface area (Å²) < 4.78 is 13.1. The van der Waals surface area contributed by atoms with Crippen LogP contribution < -0.4 is 5.32 Å². The number of nitrogens with one attached hydrogen (secondary N) is 1. The van der Waals surface area contributed by atoms with Crippen molar-refractivity contribution in [3.8, 4) is 0 Å². The van der Waals surface area contributed by atoms with Gasteiger partial charge in [0.1, 0.15) is 5.82 Å². The van der Waals surface area contributed by atoms with Crippen LogP contribution in [0.4, 0.5) is 4.39 Å². The lowest BCUT2D eigenvalue weighted by Gasteiger charge is -2.24. The van der Waals surface area contributed by atoms with E-state index >= 15 is 0 Å². The number of rotatable bonds is 6. The summed E-state index contributed by atoms with van der Waals surface area (Å²) in [6, 6.07) is 1.78. The van der Waals surface area contributed by atoms with Gasteiger partial charge in [0.15, 0.2) is 0 Å². The first-order valence-electron chi connectivity index (χ1n) is 6.02. The molecule has 2 unspecified atom stereocenters. The van der Waals surface area contributed by atoms with Gasteiger partial charge < -0.3 is 5.32 Å². The molecule has 0 saturated carbocycles. The van der Waals surface area contributed by atoms with Gasteiger partial charge >= 0.3 is 0 Å². The normalized spacial score (nSPS) is 14.8. The highest BCUT2D eigenvalue weighted by Crippen LogP contribution is 2.24. The van der Waals surface area contributed by atoms with Gasteiger partial charge in [0.25, 0.3) is 0 Å². The van der Waals surface area contributed by atoms with E-state index < -0.39 is 0 Å². The van der Waals surface area contributed by atoms with E-state index in [1.807, 2.05) is 0 Å². The Morgan fingerprint density at radius 1 is 1.38 bits per heavy atom. The zero-order valence-electron chi connectivity index (χ0n) is 10.3.